The van der Waals surface area contributed by atoms with E-state index < -0.39 is 0 Å². The summed E-state index contributed by atoms with van der Waals surface area (Å²) in [5.41, 5.74) is 5.52. The maximum atomic E-state index is 5.52. The van der Waals surface area contributed by atoms with E-state index in [4.69, 9.17) is 5.73 Å². The molecule has 2 N–H and O–H groups in total. The molecule has 0 aromatic rings. The van der Waals surface area contributed by atoms with Crippen LogP contribution < -0.4 is 5.73 Å². The molecule has 0 saturated carbocycles. The second-order valence-electron chi connectivity index (χ2n) is 8.57. The van der Waals surface area contributed by atoms with Gasteiger partial charge in [0, 0.05) is 0 Å². The molecule has 158 valence electrons. The first kappa shape index (κ1) is 26.0. The average molecular weight is 368 g/mol. The van der Waals surface area contributed by atoms with Crippen molar-refractivity contribution in [1.82, 2.24) is 0 Å². The molecular formula is C25H53N. The van der Waals surface area contributed by atoms with Crippen LogP contribution in [0.5, 0.6) is 0 Å². The predicted molar refractivity (Wildman–Crippen MR) is 121 cm³/mol. The summed E-state index contributed by atoms with van der Waals surface area (Å²) in [6.07, 6.45) is 33.3. The number of rotatable bonds is 23. The Balaban J connectivity index is 2.95. The summed E-state index contributed by atoms with van der Waals surface area (Å²) < 4.78 is 0. The van der Waals surface area contributed by atoms with Gasteiger partial charge in [-0.3, -0.25) is 0 Å². The highest BCUT2D eigenvalue weighted by molar-refractivity contribution is 4.51. The second-order valence-corrected chi connectivity index (χ2v) is 8.57. The van der Waals surface area contributed by atoms with Crippen LogP contribution in [0.3, 0.4) is 0 Å². The molecule has 0 aliphatic heterocycles. The van der Waals surface area contributed by atoms with E-state index in [9.17, 15) is 0 Å². The number of nitrogens with two attached hydrogens (primary N) is 1. The molecule has 0 atom stereocenters. The minimum Gasteiger partial charge on any atom is -0.330 e. The van der Waals surface area contributed by atoms with Gasteiger partial charge in [0.25, 0.3) is 0 Å². The van der Waals surface area contributed by atoms with Gasteiger partial charge in [-0.1, -0.05) is 148 Å². The normalized spacial score (nSPS) is 11.3. The van der Waals surface area contributed by atoms with Crippen LogP contribution in [0.1, 0.15) is 155 Å². The molecule has 0 spiro atoms. The Labute approximate surface area is 167 Å². The maximum absolute atomic E-state index is 5.52. The third-order valence-corrected chi connectivity index (χ3v) is 5.81. The lowest BCUT2D eigenvalue weighted by Crippen LogP contribution is -1.97. The van der Waals surface area contributed by atoms with Crippen LogP contribution >= 0.6 is 0 Å². The van der Waals surface area contributed by atoms with Crippen LogP contribution in [0.25, 0.3) is 0 Å². The average Bonchev–Trinajstić information content (AvgIpc) is 2.66. The van der Waals surface area contributed by atoms with Gasteiger partial charge in [0.1, 0.15) is 0 Å². The van der Waals surface area contributed by atoms with Crippen LogP contribution in [0.4, 0.5) is 0 Å². The van der Waals surface area contributed by atoms with Crippen molar-refractivity contribution in [3.8, 4) is 0 Å². The van der Waals surface area contributed by atoms with Crippen molar-refractivity contribution in [2.45, 2.75) is 155 Å². The zero-order valence-electron chi connectivity index (χ0n) is 18.5. The summed E-state index contributed by atoms with van der Waals surface area (Å²) in [4.78, 5) is 0. The molecular weight excluding hydrogens is 314 g/mol. The highest BCUT2D eigenvalue weighted by Gasteiger charge is 1.95. The van der Waals surface area contributed by atoms with Gasteiger partial charge >= 0.3 is 0 Å². The standard InChI is InChI=1S/C25H53N/c1-2-3-4-5-6-7-8-9-10-11-12-13-14-15-16-17-18-19-20-21-22-23-24-25-26/h2-26H2,1H3. The highest BCUT2D eigenvalue weighted by Crippen LogP contribution is 2.15. The smallest absolute Gasteiger partial charge is 0.00773 e. The second kappa shape index (κ2) is 25.0. The van der Waals surface area contributed by atoms with Gasteiger partial charge in [0.2, 0.25) is 0 Å². The molecule has 0 bridgehead atoms. The van der Waals surface area contributed by atoms with Crippen LogP contribution in [0.15, 0.2) is 0 Å². The molecule has 0 aromatic heterocycles. The molecule has 1 heteroatoms. The summed E-state index contributed by atoms with van der Waals surface area (Å²) >= 11 is 0. The first-order chi connectivity index (χ1) is 12.9. The summed E-state index contributed by atoms with van der Waals surface area (Å²) in [6.45, 7) is 3.17. The molecule has 0 saturated heterocycles. The molecule has 1 nitrogen and oxygen atoms in total. The Kier molecular flexibility index (Phi) is 24.9. The molecule has 0 aromatic carbocycles. The number of hydrogen-bond acceptors (Lipinski definition) is 1. The van der Waals surface area contributed by atoms with Crippen molar-refractivity contribution in [3.05, 3.63) is 0 Å². The van der Waals surface area contributed by atoms with Crippen molar-refractivity contribution in [3.63, 3.8) is 0 Å². The molecule has 0 aliphatic rings. The van der Waals surface area contributed by atoms with Crippen LogP contribution in [-0.4, -0.2) is 6.54 Å². The highest BCUT2D eigenvalue weighted by atomic mass is 14.5. The van der Waals surface area contributed by atoms with E-state index in [1.165, 1.54) is 148 Å². The predicted octanol–water partition coefficient (Wildman–Crippen LogP) is 8.94. The van der Waals surface area contributed by atoms with E-state index in [2.05, 4.69) is 6.92 Å². The Morgan fingerprint density at radius 3 is 0.692 bits per heavy atom. The van der Waals surface area contributed by atoms with Crippen molar-refractivity contribution in [2.75, 3.05) is 6.54 Å². The summed E-state index contributed by atoms with van der Waals surface area (Å²) in [5.74, 6) is 0. The Morgan fingerprint density at radius 2 is 0.500 bits per heavy atom. The third kappa shape index (κ3) is 24.0. The van der Waals surface area contributed by atoms with Crippen molar-refractivity contribution in [2.24, 2.45) is 5.73 Å². The van der Waals surface area contributed by atoms with Crippen LogP contribution in [0, 0.1) is 0 Å². The van der Waals surface area contributed by atoms with E-state index in [0.29, 0.717) is 0 Å². The van der Waals surface area contributed by atoms with Crippen molar-refractivity contribution in [1.29, 1.82) is 0 Å². The van der Waals surface area contributed by atoms with Gasteiger partial charge in [-0.2, -0.15) is 0 Å². The first-order valence-corrected chi connectivity index (χ1v) is 12.6. The monoisotopic (exact) mass is 367 g/mol. The zero-order chi connectivity index (χ0) is 19.0. The largest absolute Gasteiger partial charge is 0.330 e. The molecule has 0 radical (unpaired) electrons. The van der Waals surface area contributed by atoms with E-state index in [0.717, 1.165) is 6.54 Å². The first-order valence-electron chi connectivity index (χ1n) is 12.6. The number of unbranched alkanes of at least 4 members (excludes halogenated alkanes) is 22. The minimum atomic E-state index is 0.874. The molecule has 0 fully saturated rings. The lowest BCUT2D eigenvalue weighted by molar-refractivity contribution is 0.518. The van der Waals surface area contributed by atoms with Gasteiger partial charge in [-0.25, -0.2) is 0 Å². The SMILES string of the molecule is CCCCCCCCCCCCCCCCCCCCCCCCCN. The summed E-state index contributed by atoms with van der Waals surface area (Å²) in [7, 11) is 0. The lowest BCUT2D eigenvalue weighted by atomic mass is 10.0. The third-order valence-electron chi connectivity index (χ3n) is 5.81. The maximum Gasteiger partial charge on any atom is -0.00773 e. The van der Waals surface area contributed by atoms with Gasteiger partial charge in [-0.05, 0) is 13.0 Å². The molecule has 0 heterocycles. The molecule has 26 heavy (non-hydrogen) atoms. The van der Waals surface area contributed by atoms with Crippen LogP contribution in [0.2, 0.25) is 0 Å². The van der Waals surface area contributed by atoms with E-state index in [1.807, 2.05) is 0 Å². The Hall–Kier alpha value is -0.0400. The van der Waals surface area contributed by atoms with Gasteiger partial charge in [-0.15, -0.1) is 0 Å². The summed E-state index contributed by atoms with van der Waals surface area (Å²) in [5, 5.41) is 0. The molecule has 0 unspecified atom stereocenters. The number of hydrogen-bond donors (Lipinski definition) is 1. The van der Waals surface area contributed by atoms with Crippen molar-refractivity contribution >= 4 is 0 Å². The quantitative estimate of drug-likeness (QED) is 0.179. The van der Waals surface area contributed by atoms with E-state index >= 15 is 0 Å². The lowest BCUT2D eigenvalue weighted by Gasteiger charge is -2.04. The fourth-order valence-electron chi connectivity index (χ4n) is 3.93. The Morgan fingerprint density at radius 1 is 0.308 bits per heavy atom. The zero-order valence-corrected chi connectivity index (χ0v) is 18.5. The van der Waals surface area contributed by atoms with Gasteiger partial charge in [0.15, 0.2) is 0 Å². The van der Waals surface area contributed by atoms with Gasteiger partial charge < -0.3 is 5.73 Å². The van der Waals surface area contributed by atoms with Crippen molar-refractivity contribution < 1.29 is 0 Å². The molecule has 0 rings (SSSR count). The topological polar surface area (TPSA) is 26.0 Å². The molecule has 0 amide bonds. The van der Waals surface area contributed by atoms with Gasteiger partial charge in [0.05, 0.1) is 0 Å². The minimum absolute atomic E-state index is 0.874. The van der Waals surface area contributed by atoms with E-state index in [1.54, 1.807) is 0 Å². The van der Waals surface area contributed by atoms with Crippen LogP contribution in [-0.2, 0) is 0 Å². The molecule has 0 aliphatic carbocycles. The Bertz CT molecular complexity index is 202. The summed E-state index contributed by atoms with van der Waals surface area (Å²) in [6, 6.07) is 0. The fraction of sp³-hybridized carbons (Fsp3) is 1.00. The van der Waals surface area contributed by atoms with E-state index in [-0.39, 0.29) is 0 Å². The fourth-order valence-corrected chi connectivity index (χ4v) is 3.93.